The van der Waals surface area contributed by atoms with E-state index in [1.165, 1.54) is 109 Å². The van der Waals surface area contributed by atoms with Crippen molar-refractivity contribution in [2.24, 2.45) is 0 Å². The smallest absolute Gasteiger partial charge is 0.306 e. The number of rotatable bonds is 47. The van der Waals surface area contributed by atoms with Gasteiger partial charge >= 0.3 is 11.9 Å². The van der Waals surface area contributed by atoms with Gasteiger partial charge in [-0.05, 0) is 96.3 Å². The summed E-state index contributed by atoms with van der Waals surface area (Å²) < 4.78 is 10.6. The van der Waals surface area contributed by atoms with Gasteiger partial charge in [0.25, 0.3) is 0 Å². The van der Waals surface area contributed by atoms with Gasteiger partial charge in [-0.15, -0.1) is 0 Å². The normalized spacial score (nSPS) is 13.1. The summed E-state index contributed by atoms with van der Waals surface area (Å²) in [7, 11) is 0. The van der Waals surface area contributed by atoms with Gasteiger partial charge in [-0.1, -0.05) is 232 Å². The number of carbonyl (C=O) groups is 2. The Labute approximate surface area is 395 Å². The molecule has 0 spiro atoms. The summed E-state index contributed by atoms with van der Waals surface area (Å²) in [6.45, 7) is 3.97. The monoisotopic (exact) mass is 887 g/mol. The van der Waals surface area contributed by atoms with Gasteiger partial charge in [0.1, 0.15) is 6.61 Å². The zero-order valence-corrected chi connectivity index (χ0v) is 41.5. The lowest BCUT2D eigenvalue weighted by Crippen LogP contribution is -2.28. The molecule has 1 unspecified atom stereocenters. The average molecular weight is 887 g/mol. The maximum Gasteiger partial charge on any atom is 0.306 e. The summed E-state index contributed by atoms with van der Waals surface area (Å²) in [6.07, 6.45) is 77.7. The molecule has 1 atom stereocenters. The van der Waals surface area contributed by atoms with Gasteiger partial charge in [0.15, 0.2) is 6.10 Å². The summed E-state index contributed by atoms with van der Waals surface area (Å²) >= 11 is 0. The zero-order valence-electron chi connectivity index (χ0n) is 41.5. The first kappa shape index (κ1) is 60.6. The number of esters is 2. The minimum Gasteiger partial charge on any atom is -0.462 e. The molecule has 0 rings (SSSR count). The van der Waals surface area contributed by atoms with Crippen LogP contribution in [0.1, 0.15) is 232 Å². The Balaban J connectivity index is 3.52. The van der Waals surface area contributed by atoms with Gasteiger partial charge in [0, 0.05) is 12.8 Å². The number of hydrogen-bond acceptors (Lipinski definition) is 5. The fourth-order valence-corrected chi connectivity index (χ4v) is 7.08. The van der Waals surface area contributed by atoms with Crippen LogP contribution in [0.3, 0.4) is 0 Å². The second kappa shape index (κ2) is 53.9. The average Bonchev–Trinajstić information content (AvgIpc) is 3.30. The van der Waals surface area contributed by atoms with Crippen molar-refractivity contribution < 1.29 is 24.2 Å². The summed E-state index contributed by atoms with van der Waals surface area (Å²) in [5.74, 6) is -0.605. The van der Waals surface area contributed by atoms with Crippen molar-refractivity contribution >= 4 is 11.9 Å². The molecule has 0 aromatic carbocycles. The molecule has 0 saturated carbocycles. The van der Waals surface area contributed by atoms with Crippen LogP contribution in [0, 0.1) is 0 Å². The van der Waals surface area contributed by atoms with E-state index in [4.69, 9.17) is 9.47 Å². The molecule has 0 bridgehead atoms. The van der Waals surface area contributed by atoms with Gasteiger partial charge in [-0.3, -0.25) is 9.59 Å². The molecule has 0 fully saturated rings. The highest BCUT2D eigenvalue weighted by Gasteiger charge is 2.16. The van der Waals surface area contributed by atoms with E-state index in [0.717, 1.165) is 96.3 Å². The molecule has 0 aromatic heterocycles. The Kier molecular flexibility index (Phi) is 51.0. The fraction of sp³-hybridized carbons (Fsp3) is 0.661. The molecule has 1 N–H and O–H groups in total. The highest BCUT2D eigenvalue weighted by Crippen LogP contribution is 2.15. The molecule has 0 aliphatic rings. The van der Waals surface area contributed by atoms with Crippen molar-refractivity contribution in [3.63, 3.8) is 0 Å². The number of hydrogen-bond donors (Lipinski definition) is 1. The van der Waals surface area contributed by atoms with E-state index in [-0.39, 0.29) is 25.2 Å². The van der Waals surface area contributed by atoms with Crippen LogP contribution in [0.15, 0.2) is 109 Å². The fourth-order valence-electron chi connectivity index (χ4n) is 7.08. The number of unbranched alkanes of at least 4 members (excludes halogenated alkanes) is 21. The number of aliphatic hydroxyl groups is 1. The van der Waals surface area contributed by atoms with Crippen molar-refractivity contribution in [1.29, 1.82) is 0 Å². The molecular weight excluding hydrogens is 789 g/mol. The van der Waals surface area contributed by atoms with Gasteiger partial charge in [-0.2, -0.15) is 0 Å². The SMILES string of the molecule is CC/C=C\C/C=C\C/C=C\C/C=C\C/C=C\C/C=C\C/C=C\C/C=C\CCCCCCCCCCCCCCCCC(=O)OC(CO)COC(=O)CCCCCCC/C=C\CCCC. The Hall–Kier alpha value is -3.44. The molecule has 5 heteroatoms. The van der Waals surface area contributed by atoms with Crippen LogP contribution in [0.2, 0.25) is 0 Å². The van der Waals surface area contributed by atoms with Gasteiger partial charge in [0.2, 0.25) is 0 Å². The Morgan fingerprint density at radius 3 is 1.03 bits per heavy atom. The van der Waals surface area contributed by atoms with Gasteiger partial charge in [0.05, 0.1) is 6.61 Å². The first-order valence-electron chi connectivity index (χ1n) is 26.4. The van der Waals surface area contributed by atoms with Crippen molar-refractivity contribution in [1.82, 2.24) is 0 Å². The lowest BCUT2D eigenvalue weighted by molar-refractivity contribution is -0.161. The number of aliphatic hydroxyl groups excluding tert-OH is 1. The Morgan fingerprint density at radius 2 is 0.672 bits per heavy atom. The molecule has 0 radical (unpaired) electrons. The van der Waals surface area contributed by atoms with E-state index in [9.17, 15) is 14.7 Å². The second-order valence-corrected chi connectivity index (χ2v) is 17.2. The van der Waals surface area contributed by atoms with E-state index in [2.05, 4.69) is 123 Å². The molecule has 5 nitrogen and oxygen atoms in total. The zero-order chi connectivity index (χ0) is 46.3. The van der Waals surface area contributed by atoms with Crippen molar-refractivity contribution in [3.05, 3.63) is 109 Å². The van der Waals surface area contributed by atoms with Gasteiger partial charge < -0.3 is 14.6 Å². The molecule has 0 amide bonds. The Morgan fingerprint density at radius 1 is 0.375 bits per heavy atom. The maximum absolute atomic E-state index is 12.2. The minimum absolute atomic E-state index is 0.0734. The highest BCUT2D eigenvalue weighted by atomic mass is 16.6. The van der Waals surface area contributed by atoms with Crippen LogP contribution in [0.25, 0.3) is 0 Å². The molecule has 0 aliphatic heterocycles. The molecular formula is C59H98O5. The molecule has 0 heterocycles. The number of allylic oxidation sites excluding steroid dienone is 18. The van der Waals surface area contributed by atoms with Crippen LogP contribution >= 0.6 is 0 Å². The third-order valence-electron chi connectivity index (χ3n) is 11.1. The van der Waals surface area contributed by atoms with E-state index in [0.29, 0.717) is 12.8 Å². The maximum atomic E-state index is 12.2. The van der Waals surface area contributed by atoms with Gasteiger partial charge in [-0.25, -0.2) is 0 Å². The topological polar surface area (TPSA) is 72.8 Å². The third-order valence-corrected chi connectivity index (χ3v) is 11.1. The second-order valence-electron chi connectivity index (χ2n) is 17.2. The summed E-state index contributed by atoms with van der Waals surface area (Å²) in [6, 6.07) is 0. The van der Waals surface area contributed by atoms with Crippen molar-refractivity contribution in [2.45, 2.75) is 238 Å². The van der Waals surface area contributed by atoms with E-state index >= 15 is 0 Å². The first-order valence-corrected chi connectivity index (χ1v) is 26.4. The summed E-state index contributed by atoms with van der Waals surface area (Å²) in [5.41, 5.74) is 0. The summed E-state index contributed by atoms with van der Waals surface area (Å²) in [4.78, 5) is 24.3. The Bertz CT molecular complexity index is 1280. The van der Waals surface area contributed by atoms with Crippen molar-refractivity contribution in [3.8, 4) is 0 Å². The van der Waals surface area contributed by atoms with Crippen LogP contribution in [0.5, 0.6) is 0 Å². The third kappa shape index (κ3) is 51.2. The first-order chi connectivity index (χ1) is 31.6. The number of carbonyl (C=O) groups excluding carboxylic acids is 2. The molecule has 0 saturated heterocycles. The van der Waals surface area contributed by atoms with E-state index < -0.39 is 6.10 Å². The van der Waals surface area contributed by atoms with Crippen LogP contribution in [0.4, 0.5) is 0 Å². The summed E-state index contributed by atoms with van der Waals surface area (Å²) in [5, 5.41) is 9.59. The van der Waals surface area contributed by atoms with Crippen LogP contribution in [-0.2, 0) is 19.1 Å². The van der Waals surface area contributed by atoms with Crippen molar-refractivity contribution in [2.75, 3.05) is 13.2 Å². The molecule has 364 valence electrons. The largest absolute Gasteiger partial charge is 0.462 e. The van der Waals surface area contributed by atoms with E-state index in [1.807, 2.05) is 0 Å². The predicted molar refractivity (Wildman–Crippen MR) is 279 cm³/mol. The highest BCUT2D eigenvalue weighted by molar-refractivity contribution is 5.70. The predicted octanol–water partition coefficient (Wildman–Crippen LogP) is 17.7. The van der Waals surface area contributed by atoms with Crippen LogP contribution in [-0.4, -0.2) is 36.4 Å². The van der Waals surface area contributed by atoms with Crippen LogP contribution < -0.4 is 0 Å². The molecule has 0 aromatic rings. The standard InChI is InChI=1S/C59H98O5/c1-3-5-7-9-11-13-15-16-17-18-19-20-21-22-23-24-25-26-27-28-29-30-31-32-33-34-35-36-37-38-39-40-41-42-44-46-48-50-52-54-59(62)64-57(55-60)56-63-58(61)53-51-49-47-45-43-14-12-10-8-6-4-2/h5,7,10-13,16-17,19-20,22-23,25-26,28-29,31-32,57,60H,3-4,6,8-9,14-15,18,21,24,27,30,33-56H2,1-2H3/b7-5-,12-10-,13-11-,17-16-,20-19-,23-22-,26-25-,29-28-,32-31-. The lowest BCUT2D eigenvalue weighted by Gasteiger charge is -2.15. The minimum atomic E-state index is -0.779. The quantitative estimate of drug-likeness (QED) is 0.0374. The molecule has 0 aliphatic carbocycles. The van der Waals surface area contributed by atoms with E-state index in [1.54, 1.807) is 0 Å². The molecule has 64 heavy (non-hydrogen) atoms. The lowest BCUT2D eigenvalue weighted by atomic mass is 10.0. The number of ether oxygens (including phenoxy) is 2.